The number of carbonyl (C=O) groups excluding carboxylic acids is 1. The van der Waals surface area contributed by atoms with Gasteiger partial charge in [0.05, 0.1) is 18.8 Å². The number of rotatable bonds is 6. The van der Waals surface area contributed by atoms with Crippen molar-refractivity contribution in [2.24, 2.45) is 0 Å². The maximum atomic E-state index is 11.7. The van der Waals surface area contributed by atoms with Crippen LogP contribution in [0, 0.1) is 0 Å². The molecular weight excluding hydrogens is 248 g/mol. The van der Waals surface area contributed by atoms with Crippen LogP contribution in [0.3, 0.4) is 0 Å². The smallest absolute Gasteiger partial charge is 0.276 e. The summed E-state index contributed by atoms with van der Waals surface area (Å²) in [6.07, 6.45) is 6.54. The van der Waals surface area contributed by atoms with Crippen LogP contribution in [0.1, 0.15) is 10.4 Å². The van der Waals surface area contributed by atoms with Crippen LogP contribution in [0.2, 0.25) is 0 Å². The Morgan fingerprint density at radius 1 is 1.42 bits per heavy atom. The summed E-state index contributed by atoms with van der Waals surface area (Å²) in [4.78, 5) is 24.7. The first-order chi connectivity index (χ1) is 9.31. The molecule has 2 aromatic heterocycles. The number of hydrogen-bond donors (Lipinski definition) is 1. The van der Waals surface area contributed by atoms with E-state index in [9.17, 15) is 4.79 Å². The fraction of sp³-hybridized carbons (Fsp3) is 0.250. The lowest BCUT2D eigenvalue weighted by Crippen LogP contribution is -2.25. The van der Waals surface area contributed by atoms with E-state index in [4.69, 9.17) is 9.57 Å². The summed E-state index contributed by atoms with van der Waals surface area (Å²) in [7, 11) is 1.56. The first kappa shape index (κ1) is 13.2. The molecule has 2 heterocycles. The molecule has 1 amide bonds. The minimum atomic E-state index is -0.346. The predicted molar refractivity (Wildman–Crippen MR) is 66.7 cm³/mol. The van der Waals surface area contributed by atoms with Crippen molar-refractivity contribution in [1.29, 1.82) is 0 Å². The van der Waals surface area contributed by atoms with Crippen LogP contribution in [-0.2, 0) is 9.57 Å². The van der Waals surface area contributed by atoms with Crippen molar-refractivity contribution in [1.82, 2.24) is 20.0 Å². The van der Waals surface area contributed by atoms with Gasteiger partial charge in [-0.1, -0.05) is 0 Å². The van der Waals surface area contributed by atoms with Crippen LogP contribution in [0.5, 0.6) is 0 Å². The van der Waals surface area contributed by atoms with Crippen molar-refractivity contribution in [3.8, 4) is 5.82 Å². The summed E-state index contributed by atoms with van der Waals surface area (Å²) in [5, 5.41) is 0. The second kappa shape index (κ2) is 6.62. The molecule has 0 aliphatic rings. The number of imidazole rings is 1. The number of methoxy groups -OCH3 is 1. The number of ether oxygens (including phenoxy) is 1. The minimum absolute atomic E-state index is 0.294. The van der Waals surface area contributed by atoms with E-state index in [-0.39, 0.29) is 5.91 Å². The highest BCUT2D eigenvalue weighted by atomic mass is 16.7. The van der Waals surface area contributed by atoms with Crippen LogP contribution in [0.25, 0.3) is 5.82 Å². The molecule has 100 valence electrons. The van der Waals surface area contributed by atoms with E-state index in [1.807, 2.05) is 0 Å². The van der Waals surface area contributed by atoms with Crippen molar-refractivity contribution in [2.45, 2.75) is 0 Å². The summed E-state index contributed by atoms with van der Waals surface area (Å²) >= 11 is 0. The molecule has 1 N–H and O–H groups in total. The molecule has 2 rings (SSSR count). The SMILES string of the molecule is COCCONC(=O)c1ccc(-n2ccnc2)nc1. The van der Waals surface area contributed by atoms with E-state index < -0.39 is 0 Å². The molecule has 0 saturated carbocycles. The molecule has 19 heavy (non-hydrogen) atoms. The summed E-state index contributed by atoms with van der Waals surface area (Å²) in [5.41, 5.74) is 2.73. The second-order valence-corrected chi connectivity index (χ2v) is 3.65. The van der Waals surface area contributed by atoms with Gasteiger partial charge in [0.25, 0.3) is 5.91 Å². The number of hydroxylamine groups is 1. The van der Waals surface area contributed by atoms with E-state index in [1.165, 1.54) is 6.20 Å². The van der Waals surface area contributed by atoms with Crippen LogP contribution >= 0.6 is 0 Å². The van der Waals surface area contributed by atoms with Crippen molar-refractivity contribution < 1.29 is 14.4 Å². The molecule has 0 aromatic carbocycles. The number of aromatic nitrogens is 3. The third-order valence-corrected chi connectivity index (χ3v) is 2.33. The van der Waals surface area contributed by atoms with Gasteiger partial charge in [-0.3, -0.25) is 14.2 Å². The van der Waals surface area contributed by atoms with E-state index in [1.54, 1.807) is 42.5 Å². The second-order valence-electron chi connectivity index (χ2n) is 3.65. The molecule has 0 radical (unpaired) electrons. The van der Waals surface area contributed by atoms with E-state index in [0.29, 0.717) is 24.6 Å². The van der Waals surface area contributed by atoms with Crippen molar-refractivity contribution in [3.63, 3.8) is 0 Å². The van der Waals surface area contributed by atoms with Crippen LogP contribution in [0.15, 0.2) is 37.1 Å². The number of amides is 1. The molecule has 0 aliphatic carbocycles. The first-order valence-electron chi connectivity index (χ1n) is 5.66. The summed E-state index contributed by atoms with van der Waals surface area (Å²) in [6.45, 7) is 0.709. The Bertz CT molecular complexity index is 510. The topological polar surface area (TPSA) is 78.3 Å². The van der Waals surface area contributed by atoms with Gasteiger partial charge < -0.3 is 4.74 Å². The fourth-order valence-corrected chi connectivity index (χ4v) is 1.37. The summed E-state index contributed by atoms with van der Waals surface area (Å²) in [5.74, 6) is 0.343. The van der Waals surface area contributed by atoms with Gasteiger partial charge in [-0.15, -0.1) is 0 Å². The zero-order valence-electron chi connectivity index (χ0n) is 10.4. The van der Waals surface area contributed by atoms with Crippen LogP contribution in [0.4, 0.5) is 0 Å². The highest BCUT2D eigenvalue weighted by Crippen LogP contribution is 2.05. The molecule has 0 saturated heterocycles. The standard InChI is InChI=1S/C12H14N4O3/c1-18-6-7-19-15-12(17)10-2-3-11(14-8-10)16-5-4-13-9-16/h2-5,8-9H,6-7H2,1H3,(H,15,17). The third-order valence-electron chi connectivity index (χ3n) is 2.33. The predicted octanol–water partition coefficient (Wildman–Crippen LogP) is 0.575. The van der Waals surface area contributed by atoms with Gasteiger partial charge in [0.1, 0.15) is 12.1 Å². The lowest BCUT2D eigenvalue weighted by molar-refractivity contribution is 0.00886. The monoisotopic (exact) mass is 262 g/mol. The van der Waals surface area contributed by atoms with Gasteiger partial charge in [0.2, 0.25) is 0 Å². The minimum Gasteiger partial charge on any atom is -0.382 e. The van der Waals surface area contributed by atoms with Crippen molar-refractivity contribution >= 4 is 5.91 Å². The van der Waals surface area contributed by atoms with Crippen LogP contribution in [-0.4, -0.2) is 40.8 Å². The molecule has 0 atom stereocenters. The molecule has 7 nitrogen and oxygen atoms in total. The summed E-state index contributed by atoms with van der Waals surface area (Å²) in [6, 6.07) is 3.39. The maximum absolute atomic E-state index is 11.7. The number of carbonyl (C=O) groups is 1. The molecule has 0 spiro atoms. The Labute approximate surface area is 110 Å². The normalized spacial score (nSPS) is 10.4. The Morgan fingerprint density at radius 3 is 2.95 bits per heavy atom. The van der Waals surface area contributed by atoms with Crippen molar-refractivity contribution in [3.05, 3.63) is 42.6 Å². The number of nitrogens with zero attached hydrogens (tertiary/aromatic N) is 3. The van der Waals surface area contributed by atoms with Gasteiger partial charge in [0, 0.05) is 25.7 Å². The number of pyridine rings is 1. The highest BCUT2D eigenvalue weighted by molar-refractivity contribution is 5.93. The Kier molecular flexibility index (Phi) is 4.60. The van der Waals surface area contributed by atoms with Gasteiger partial charge in [-0.2, -0.15) is 0 Å². The quantitative estimate of drug-likeness (QED) is 0.608. The third kappa shape index (κ3) is 3.60. The molecule has 7 heteroatoms. The summed E-state index contributed by atoms with van der Waals surface area (Å²) < 4.78 is 6.54. The molecule has 0 aliphatic heterocycles. The van der Waals surface area contributed by atoms with E-state index in [2.05, 4.69) is 15.4 Å². The Morgan fingerprint density at radius 2 is 2.32 bits per heavy atom. The first-order valence-corrected chi connectivity index (χ1v) is 5.66. The Hall–Kier alpha value is -2.25. The molecule has 0 fully saturated rings. The van der Waals surface area contributed by atoms with Gasteiger partial charge in [-0.25, -0.2) is 15.4 Å². The maximum Gasteiger partial charge on any atom is 0.276 e. The molecule has 0 unspecified atom stereocenters. The largest absolute Gasteiger partial charge is 0.382 e. The number of hydrogen-bond acceptors (Lipinski definition) is 5. The lowest BCUT2D eigenvalue weighted by atomic mass is 10.3. The average Bonchev–Trinajstić information content (AvgIpc) is 2.98. The molecular formula is C12H14N4O3. The number of nitrogens with one attached hydrogen (secondary N) is 1. The fourth-order valence-electron chi connectivity index (χ4n) is 1.37. The van der Waals surface area contributed by atoms with Gasteiger partial charge >= 0.3 is 0 Å². The Balaban J connectivity index is 1.93. The van der Waals surface area contributed by atoms with E-state index in [0.717, 1.165) is 0 Å². The van der Waals surface area contributed by atoms with Crippen LogP contribution < -0.4 is 5.48 Å². The van der Waals surface area contributed by atoms with E-state index >= 15 is 0 Å². The molecule has 0 bridgehead atoms. The van der Waals surface area contributed by atoms with Crippen molar-refractivity contribution in [2.75, 3.05) is 20.3 Å². The zero-order chi connectivity index (χ0) is 13.5. The average molecular weight is 262 g/mol. The van der Waals surface area contributed by atoms with Gasteiger partial charge in [0.15, 0.2) is 0 Å². The highest BCUT2D eigenvalue weighted by Gasteiger charge is 2.06. The van der Waals surface area contributed by atoms with Gasteiger partial charge in [-0.05, 0) is 12.1 Å². The zero-order valence-corrected chi connectivity index (χ0v) is 10.4. The molecule has 2 aromatic rings. The lowest BCUT2D eigenvalue weighted by Gasteiger charge is -2.06.